The van der Waals surface area contributed by atoms with Crippen LogP contribution in [0.1, 0.15) is 11.7 Å². The summed E-state index contributed by atoms with van der Waals surface area (Å²) in [5.74, 6) is 0.566. The van der Waals surface area contributed by atoms with Crippen LogP contribution >= 0.6 is 0 Å². The van der Waals surface area contributed by atoms with E-state index in [-0.39, 0.29) is 46.5 Å². The monoisotopic (exact) mass is 394 g/mol. The second-order valence-corrected chi connectivity index (χ2v) is 5.44. The first-order chi connectivity index (χ1) is 13.3. The minimum absolute atomic E-state index is 0.0384. The van der Waals surface area contributed by atoms with Crippen LogP contribution in [-0.2, 0) is 0 Å². The van der Waals surface area contributed by atoms with Crippen molar-refractivity contribution in [1.29, 1.82) is 0 Å². The first-order valence-corrected chi connectivity index (χ1v) is 7.86. The predicted molar refractivity (Wildman–Crippen MR) is 96.3 cm³/mol. The van der Waals surface area contributed by atoms with Crippen LogP contribution in [0.4, 0.5) is 11.4 Å². The number of nitro benzene ring substituents is 2. The second kappa shape index (κ2) is 8.86. The number of rotatable bonds is 9. The SMILES string of the molecule is COc1cc(C(O)COc2ccc([N+](=O)[O-])cc2OC)c([N+](=O)[O-])cc1OC. The number of aliphatic hydroxyl groups excluding tert-OH is 1. The maximum absolute atomic E-state index is 11.3. The molecule has 1 N–H and O–H groups in total. The molecule has 0 aromatic heterocycles. The average Bonchev–Trinajstić information content (AvgIpc) is 2.70. The zero-order chi connectivity index (χ0) is 20.8. The number of nitro groups is 2. The summed E-state index contributed by atoms with van der Waals surface area (Å²) in [4.78, 5) is 20.9. The molecule has 0 bridgehead atoms. The second-order valence-electron chi connectivity index (χ2n) is 5.44. The summed E-state index contributed by atoms with van der Waals surface area (Å²) in [6.45, 7) is -0.371. The van der Waals surface area contributed by atoms with Crippen LogP contribution in [0.15, 0.2) is 30.3 Å². The van der Waals surface area contributed by atoms with E-state index in [1.165, 1.54) is 45.6 Å². The summed E-state index contributed by atoms with van der Waals surface area (Å²) < 4.78 is 20.6. The summed E-state index contributed by atoms with van der Waals surface area (Å²) >= 11 is 0. The van der Waals surface area contributed by atoms with Gasteiger partial charge < -0.3 is 24.1 Å². The molecule has 0 aliphatic heterocycles. The van der Waals surface area contributed by atoms with Gasteiger partial charge in [0.1, 0.15) is 12.7 Å². The van der Waals surface area contributed by atoms with Crippen molar-refractivity contribution < 1.29 is 33.9 Å². The molecule has 150 valence electrons. The smallest absolute Gasteiger partial charge is 0.279 e. The molecular formula is C17H18N2O9. The summed E-state index contributed by atoms with van der Waals surface area (Å²) in [7, 11) is 4.00. The van der Waals surface area contributed by atoms with Gasteiger partial charge in [0, 0.05) is 6.07 Å². The van der Waals surface area contributed by atoms with Crippen LogP contribution in [0.3, 0.4) is 0 Å². The molecule has 0 saturated carbocycles. The lowest BCUT2D eigenvalue weighted by atomic mass is 10.1. The van der Waals surface area contributed by atoms with Gasteiger partial charge in [-0.3, -0.25) is 20.2 Å². The highest BCUT2D eigenvalue weighted by Crippen LogP contribution is 2.38. The third kappa shape index (κ3) is 4.38. The van der Waals surface area contributed by atoms with Crippen molar-refractivity contribution in [2.24, 2.45) is 0 Å². The average molecular weight is 394 g/mol. The molecule has 0 amide bonds. The molecule has 28 heavy (non-hydrogen) atoms. The Morgan fingerprint density at radius 2 is 1.46 bits per heavy atom. The van der Waals surface area contributed by atoms with E-state index in [9.17, 15) is 25.3 Å². The van der Waals surface area contributed by atoms with Crippen molar-refractivity contribution in [3.8, 4) is 23.0 Å². The normalized spacial score (nSPS) is 11.4. The number of aliphatic hydroxyl groups is 1. The largest absolute Gasteiger partial charge is 0.493 e. The van der Waals surface area contributed by atoms with Crippen LogP contribution in [-0.4, -0.2) is 42.9 Å². The third-order valence-corrected chi connectivity index (χ3v) is 3.84. The third-order valence-electron chi connectivity index (χ3n) is 3.84. The molecule has 0 spiro atoms. The molecule has 0 saturated heterocycles. The molecule has 0 aliphatic rings. The Labute approximate surface area is 159 Å². The number of nitrogens with zero attached hydrogens (tertiary/aromatic N) is 2. The molecule has 0 aliphatic carbocycles. The van der Waals surface area contributed by atoms with Gasteiger partial charge >= 0.3 is 0 Å². The van der Waals surface area contributed by atoms with Gasteiger partial charge in [-0.1, -0.05) is 0 Å². The molecule has 2 aromatic carbocycles. The number of ether oxygens (including phenoxy) is 4. The van der Waals surface area contributed by atoms with Gasteiger partial charge in [-0.15, -0.1) is 0 Å². The van der Waals surface area contributed by atoms with Crippen molar-refractivity contribution in [2.45, 2.75) is 6.10 Å². The van der Waals surface area contributed by atoms with Gasteiger partial charge in [-0.25, -0.2) is 0 Å². The van der Waals surface area contributed by atoms with Gasteiger partial charge in [-0.05, 0) is 12.1 Å². The Morgan fingerprint density at radius 3 is 2.00 bits per heavy atom. The molecule has 1 atom stereocenters. The summed E-state index contributed by atoms with van der Waals surface area (Å²) in [6, 6.07) is 6.12. The Bertz CT molecular complexity index is 885. The molecule has 2 rings (SSSR count). The number of non-ortho nitro benzene ring substituents is 1. The highest BCUT2D eigenvalue weighted by molar-refractivity contribution is 5.55. The molecule has 0 radical (unpaired) electrons. The highest BCUT2D eigenvalue weighted by atomic mass is 16.6. The summed E-state index contributed by atoms with van der Waals surface area (Å²) in [5.41, 5.74) is -0.603. The first kappa shape index (κ1) is 20.7. The van der Waals surface area contributed by atoms with Crippen LogP contribution < -0.4 is 18.9 Å². The Kier molecular flexibility index (Phi) is 6.55. The zero-order valence-corrected chi connectivity index (χ0v) is 15.3. The lowest BCUT2D eigenvalue weighted by Gasteiger charge is -2.16. The molecule has 11 heteroatoms. The van der Waals surface area contributed by atoms with Gasteiger partial charge in [0.05, 0.1) is 48.9 Å². The lowest BCUT2D eigenvalue weighted by Crippen LogP contribution is -2.12. The Balaban J connectivity index is 2.29. The van der Waals surface area contributed by atoms with Crippen molar-refractivity contribution >= 4 is 11.4 Å². The molecule has 0 fully saturated rings. The van der Waals surface area contributed by atoms with Gasteiger partial charge in [-0.2, -0.15) is 0 Å². The highest BCUT2D eigenvalue weighted by Gasteiger charge is 2.25. The Hall–Kier alpha value is -3.60. The van der Waals surface area contributed by atoms with Gasteiger partial charge in [0.25, 0.3) is 11.4 Å². The molecular weight excluding hydrogens is 376 g/mol. The van der Waals surface area contributed by atoms with E-state index in [1.54, 1.807) is 0 Å². The fraction of sp³-hybridized carbons (Fsp3) is 0.294. The van der Waals surface area contributed by atoms with E-state index < -0.39 is 16.0 Å². The van der Waals surface area contributed by atoms with Gasteiger partial charge in [0.15, 0.2) is 23.0 Å². The molecule has 1 unspecified atom stereocenters. The van der Waals surface area contributed by atoms with Crippen molar-refractivity contribution in [3.63, 3.8) is 0 Å². The fourth-order valence-electron chi connectivity index (χ4n) is 2.46. The van der Waals surface area contributed by atoms with Crippen LogP contribution in [0.2, 0.25) is 0 Å². The predicted octanol–water partition coefficient (Wildman–Crippen LogP) is 2.64. The molecule has 0 heterocycles. The number of methoxy groups -OCH3 is 3. The minimum atomic E-state index is -1.39. The Morgan fingerprint density at radius 1 is 0.893 bits per heavy atom. The first-order valence-electron chi connectivity index (χ1n) is 7.86. The summed E-state index contributed by atoms with van der Waals surface area (Å²) in [6.07, 6.45) is -1.39. The van der Waals surface area contributed by atoms with Crippen LogP contribution in [0.25, 0.3) is 0 Å². The minimum Gasteiger partial charge on any atom is -0.493 e. The zero-order valence-electron chi connectivity index (χ0n) is 15.3. The topological polar surface area (TPSA) is 143 Å². The fourth-order valence-corrected chi connectivity index (χ4v) is 2.46. The van der Waals surface area contributed by atoms with Crippen LogP contribution in [0, 0.1) is 20.2 Å². The van der Waals surface area contributed by atoms with Gasteiger partial charge in [0.2, 0.25) is 0 Å². The number of benzene rings is 2. The van der Waals surface area contributed by atoms with E-state index in [0.717, 1.165) is 6.07 Å². The van der Waals surface area contributed by atoms with E-state index >= 15 is 0 Å². The van der Waals surface area contributed by atoms with E-state index in [2.05, 4.69) is 0 Å². The number of hydrogen-bond acceptors (Lipinski definition) is 9. The van der Waals surface area contributed by atoms with E-state index in [0.29, 0.717) is 0 Å². The van der Waals surface area contributed by atoms with Crippen molar-refractivity contribution in [3.05, 3.63) is 56.1 Å². The van der Waals surface area contributed by atoms with E-state index in [4.69, 9.17) is 18.9 Å². The quantitative estimate of drug-likeness (QED) is 0.501. The maximum atomic E-state index is 11.3. The van der Waals surface area contributed by atoms with Crippen molar-refractivity contribution in [2.75, 3.05) is 27.9 Å². The van der Waals surface area contributed by atoms with Crippen LogP contribution in [0.5, 0.6) is 23.0 Å². The molecule has 11 nitrogen and oxygen atoms in total. The van der Waals surface area contributed by atoms with Crippen molar-refractivity contribution in [1.82, 2.24) is 0 Å². The number of hydrogen-bond donors (Lipinski definition) is 1. The summed E-state index contributed by atoms with van der Waals surface area (Å²) in [5, 5.41) is 32.6. The standard InChI is InChI=1S/C17H18N2O9/c1-25-15-6-10(18(21)22)4-5-14(15)28-9-13(20)11-7-16(26-2)17(27-3)8-12(11)19(23)24/h4-8,13,20H,9H2,1-3H3. The van der Waals surface area contributed by atoms with E-state index in [1.807, 2.05) is 0 Å². The lowest BCUT2D eigenvalue weighted by molar-refractivity contribution is -0.386. The molecule has 2 aromatic rings. The maximum Gasteiger partial charge on any atom is 0.279 e.